The highest BCUT2D eigenvalue weighted by atomic mass is 16.6. The second-order valence-electron chi connectivity index (χ2n) is 13.1. The Kier molecular flexibility index (Phi) is 6.35. The number of hydrogen-bond acceptors (Lipinski definition) is 9. The number of hydrogen-bond donors (Lipinski definition) is 5. The molecule has 2 aliphatic carbocycles. The predicted molar refractivity (Wildman–Crippen MR) is 155 cm³/mol. The molecule has 41 heavy (non-hydrogen) atoms. The van der Waals surface area contributed by atoms with E-state index in [1.807, 2.05) is 0 Å². The molecule has 1 aromatic carbocycles. The molecule has 0 amide bonds. The minimum atomic E-state index is -1.12. The maximum Gasteiger partial charge on any atom is 0.167 e. The zero-order valence-corrected chi connectivity index (χ0v) is 23.9. The third kappa shape index (κ3) is 4.59. The third-order valence-corrected chi connectivity index (χ3v) is 10.1. The van der Waals surface area contributed by atoms with Crippen molar-refractivity contribution in [3.8, 4) is 0 Å². The topological polar surface area (TPSA) is 160 Å². The molecule has 3 aromatic heterocycles. The van der Waals surface area contributed by atoms with Gasteiger partial charge in [-0.1, -0.05) is 26.8 Å². The molecule has 4 heterocycles. The van der Waals surface area contributed by atoms with E-state index in [9.17, 15) is 10.2 Å². The zero-order chi connectivity index (χ0) is 28.5. The first kappa shape index (κ1) is 26.8. The maximum absolute atomic E-state index is 10.9. The highest BCUT2D eigenvalue weighted by molar-refractivity contribution is 5.81. The summed E-state index contributed by atoms with van der Waals surface area (Å²) in [6.45, 7) is 7.26. The fourth-order valence-electron chi connectivity index (χ4n) is 6.85. The first-order chi connectivity index (χ1) is 19.7. The van der Waals surface area contributed by atoms with Crippen LogP contribution in [0.25, 0.3) is 22.2 Å². The van der Waals surface area contributed by atoms with E-state index in [2.05, 4.69) is 64.2 Å². The third-order valence-electron chi connectivity index (χ3n) is 10.1. The van der Waals surface area contributed by atoms with E-state index in [0.29, 0.717) is 35.0 Å². The van der Waals surface area contributed by atoms with Crippen LogP contribution in [0.4, 0.5) is 5.82 Å². The lowest BCUT2D eigenvalue weighted by atomic mass is 9.61. The fraction of sp³-hybridized carbons (Fsp3) is 0.600. The lowest BCUT2D eigenvalue weighted by molar-refractivity contribution is -0.0422. The van der Waals surface area contributed by atoms with Gasteiger partial charge in [0.2, 0.25) is 0 Å². The van der Waals surface area contributed by atoms with Gasteiger partial charge >= 0.3 is 0 Å². The van der Waals surface area contributed by atoms with Crippen LogP contribution < -0.4 is 11.1 Å². The number of fused-ring (bicyclic) bond motifs is 2. The van der Waals surface area contributed by atoms with Gasteiger partial charge < -0.3 is 31.0 Å². The Morgan fingerprint density at radius 1 is 1.17 bits per heavy atom. The van der Waals surface area contributed by atoms with Gasteiger partial charge in [0, 0.05) is 18.5 Å². The van der Waals surface area contributed by atoms with E-state index >= 15 is 0 Å². The van der Waals surface area contributed by atoms with Crippen molar-refractivity contribution in [3.63, 3.8) is 0 Å². The number of aromatic amines is 1. The molecular formula is C30H40N8O3. The number of anilines is 1. The standard InChI is InChI=1S/C30H40N8O3/c1-16(2)30(11-17(12-30)4-7-22-36-19-6-5-18(10-20(19)37-22)29(3)8-9-29)35-13-21-24(39)25(40)28(41-21)38-15-34-23-26(31)32-14-33-27(23)38/h5-6,10,14-17,21,24-25,28,35,39-40H,4,7-9,11-13H2,1-3H3,(H,36,37)(H2,31,32,33)/t17?,21-,24+,25+,28-,30?/m1/s1. The minimum Gasteiger partial charge on any atom is -0.387 e. The van der Waals surface area contributed by atoms with Crippen LogP contribution in [0.5, 0.6) is 0 Å². The number of aliphatic hydroxyl groups excluding tert-OH is 2. The number of imidazole rings is 2. The van der Waals surface area contributed by atoms with E-state index < -0.39 is 24.5 Å². The minimum absolute atomic E-state index is 0.0251. The molecule has 0 spiro atoms. The number of nitrogens with one attached hydrogen (secondary N) is 2. The monoisotopic (exact) mass is 560 g/mol. The first-order valence-electron chi connectivity index (χ1n) is 14.8. The van der Waals surface area contributed by atoms with Crippen molar-refractivity contribution < 1.29 is 14.9 Å². The number of H-pyrrole nitrogens is 1. The van der Waals surface area contributed by atoms with Crippen LogP contribution >= 0.6 is 0 Å². The Morgan fingerprint density at radius 3 is 2.73 bits per heavy atom. The summed E-state index contributed by atoms with van der Waals surface area (Å²) < 4.78 is 7.78. The van der Waals surface area contributed by atoms with Crippen molar-refractivity contribution >= 4 is 28.0 Å². The van der Waals surface area contributed by atoms with E-state index in [-0.39, 0.29) is 11.4 Å². The van der Waals surface area contributed by atoms with Gasteiger partial charge in [-0.15, -0.1) is 0 Å². The van der Waals surface area contributed by atoms with Gasteiger partial charge in [0.05, 0.1) is 17.4 Å². The molecule has 218 valence electrons. The summed E-state index contributed by atoms with van der Waals surface area (Å²) in [6, 6.07) is 6.69. The molecule has 0 bridgehead atoms. The molecule has 0 radical (unpaired) electrons. The highest BCUT2D eigenvalue weighted by Gasteiger charge is 2.49. The Hall–Kier alpha value is -3.12. The number of rotatable bonds is 9. The Labute approximate surface area is 239 Å². The van der Waals surface area contributed by atoms with E-state index in [1.54, 1.807) is 4.57 Å². The lowest BCUT2D eigenvalue weighted by Gasteiger charge is -2.52. The molecule has 7 rings (SSSR count). The second-order valence-corrected chi connectivity index (χ2v) is 13.1. The quantitative estimate of drug-likeness (QED) is 0.207. The van der Waals surface area contributed by atoms with Gasteiger partial charge in [-0.05, 0) is 67.1 Å². The molecule has 4 atom stereocenters. The normalized spacial score (nSPS) is 30.8. The first-order valence-corrected chi connectivity index (χ1v) is 14.8. The molecular weight excluding hydrogens is 520 g/mol. The molecule has 11 heteroatoms. The number of aryl methyl sites for hydroxylation is 1. The summed E-state index contributed by atoms with van der Waals surface area (Å²) in [7, 11) is 0. The van der Waals surface area contributed by atoms with Crippen molar-refractivity contribution in [3.05, 3.63) is 42.2 Å². The summed E-state index contributed by atoms with van der Waals surface area (Å²) in [5.74, 6) is 2.35. The van der Waals surface area contributed by atoms with Gasteiger partial charge in [0.1, 0.15) is 36.0 Å². The van der Waals surface area contributed by atoms with Crippen molar-refractivity contribution in [1.82, 2.24) is 34.8 Å². The average Bonchev–Trinajstić information content (AvgIpc) is 3.24. The molecule has 11 nitrogen and oxygen atoms in total. The van der Waals surface area contributed by atoms with Crippen LogP contribution in [-0.2, 0) is 16.6 Å². The number of nitrogens with zero attached hydrogens (tertiary/aromatic N) is 5. The summed E-state index contributed by atoms with van der Waals surface area (Å²) >= 11 is 0. The predicted octanol–water partition coefficient (Wildman–Crippen LogP) is 2.98. The van der Waals surface area contributed by atoms with Crippen LogP contribution in [0.15, 0.2) is 30.9 Å². The van der Waals surface area contributed by atoms with Crippen LogP contribution in [0.3, 0.4) is 0 Å². The Bertz CT molecular complexity index is 1570. The summed E-state index contributed by atoms with van der Waals surface area (Å²) in [4.78, 5) is 20.9. The lowest BCUT2D eigenvalue weighted by Crippen LogP contribution is -2.61. The molecule has 0 unspecified atom stereocenters. The second kappa shape index (κ2) is 9.72. The van der Waals surface area contributed by atoms with Gasteiger partial charge in [-0.2, -0.15) is 0 Å². The molecule has 3 fully saturated rings. The van der Waals surface area contributed by atoms with Crippen molar-refractivity contribution in [1.29, 1.82) is 0 Å². The number of aliphatic hydroxyl groups is 2. The maximum atomic E-state index is 10.9. The van der Waals surface area contributed by atoms with Crippen LogP contribution in [0.1, 0.15) is 70.5 Å². The molecule has 3 aliphatic rings. The van der Waals surface area contributed by atoms with E-state index in [1.165, 1.54) is 31.1 Å². The fourth-order valence-corrected chi connectivity index (χ4v) is 6.85. The van der Waals surface area contributed by atoms with Crippen LogP contribution in [-0.4, -0.2) is 70.1 Å². The Balaban J connectivity index is 0.958. The van der Waals surface area contributed by atoms with E-state index in [0.717, 1.165) is 42.5 Å². The zero-order valence-electron chi connectivity index (χ0n) is 23.9. The average molecular weight is 561 g/mol. The number of nitrogen functional groups attached to an aromatic ring is 1. The molecule has 1 saturated heterocycles. The summed E-state index contributed by atoms with van der Waals surface area (Å²) in [5.41, 5.74) is 10.7. The Morgan fingerprint density at radius 2 is 1.98 bits per heavy atom. The number of benzene rings is 1. The van der Waals surface area contributed by atoms with Crippen LogP contribution in [0.2, 0.25) is 0 Å². The van der Waals surface area contributed by atoms with E-state index in [4.69, 9.17) is 15.5 Å². The van der Waals surface area contributed by atoms with Crippen LogP contribution in [0, 0.1) is 11.8 Å². The van der Waals surface area contributed by atoms with Gasteiger partial charge in [-0.3, -0.25) is 4.57 Å². The van der Waals surface area contributed by atoms with Crippen molar-refractivity contribution in [2.24, 2.45) is 11.8 Å². The van der Waals surface area contributed by atoms with Gasteiger partial charge in [-0.25, -0.2) is 19.9 Å². The largest absolute Gasteiger partial charge is 0.387 e. The SMILES string of the molecule is CC(C)C1(NC[C@H]2O[C@@H](n3cnc4c(N)ncnc43)[C@@H](O)[C@H]2O)CC(CCc2nc3cc(C4(C)CC4)ccc3[nH]2)C1. The molecule has 1 aliphatic heterocycles. The number of nitrogens with two attached hydrogens (primary N) is 1. The van der Waals surface area contributed by atoms with Crippen molar-refractivity contribution in [2.45, 2.75) is 94.8 Å². The molecule has 6 N–H and O–H groups in total. The van der Waals surface area contributed by atoms with Crippen molar-refractivity contribution in [2.75, 3.05) is 12.3 Å². The van der Waals surface area contributed by atoms with Gasteiger partial charge in [0.25, 0.3) is 0 Å². The number of aromatic nitrogens is 6. The smallest absolute Gasteiger partial charge is 0.167 e. The summed E-state index contributed by atoms with van der Waals surface area (Å²) in [5, 5.41) is 25.4. The number of ether oxygens (including phenoxy) is 1. The highest BCUT2D eigenvalue weighted by Crippen LogP contribution is 2.48. The van der Waals surface area contributed by atoms with Gasteiger partial charge in [0.15, 0.2) is 17.7 Å². The molecule has 4 aromatic rings. The summed E-state index contributed by atoms with van der Waals surface area (Å²) in [6.07, 6.45) is 6.01. The molecule has 2 saturated carbocycles.